The molecule has 1 aliphatic heterocycles. The van der Waals surface area contributed by atoms with Crippen LogP contribution in [0, 0.1) is 0 Å². The van der Waals surface area contributed by atoms with Crippen LogP contribution in [0.4, 0.5) is 0 Å². The monoisotopic (exact) mass is 439 g/mol. The van der Waals surface area contributed by atoms with Crippen LogP contribution >= 0.6 is 0 Å². The van der Waals surface area contributed by atoms with E-state index >= 15 is 0 Å². The molecular weight excluding hydrogens is 414 g/mol. The summed E-state index contributed by atoms with van der Waals surface area (Å²) in [5.41, 5.74) is 0.832. The standard InChI is InChI=1S/C24H25NO7/c1-5-12-25-21(15-6-8-16(9-7-15)32-14(2)26)20(23(28)24(25)29)22(27)18-11-10-17(30-3)13-19(18)31-4/h6-11,13,21,27H,5,12H2,1-4H3/b22-20-. The Balaban J connectivity index is 2.16. The van der Waals surface area contributed by atoms with Crippen LogP contribution in [-0.2, 0) is 14.4 Å². The number of methoxy groups -OCH3 is 2. The first-order chi connectivity index (χ1) is 15.3. The van der Waals surface area contributed by atoms with Crippen molar-refractivity contribution in [3.63, 3.8) is 0 Å². The molecule has 168 valence electrons. The molecule has 1 saturated heterocycles. The third kappa shape index (κ3) is 4.30. The number of Topliss-reactive ketones (excluding diaryl/α,β-unsaturated/α-hetero) is 1. The van der Waals surface area contributed by atoms with Crippen molar-refractivity contribution in [2.45, 2.75) is 26.3 Å². The van der Waals surface area contributed by atoms with E-state index in [2.05, 4.69) is 0 Å². The molecule has 8 nitrogen and oxygen atoms in total. The fourth-order valence-electron chi connectivity index (χ4n) is 3.72. The normalized spacial score (nSPS) is 17.4. The molecule has 2 aromatic rings. The van der Waals surface area contributed by atoms with Crippen LogP contribution in [0.2, 0.25) is 0 Å². The highest BCUT2D eigenvalue weighted by molar-refractivity contribution is 6.46. The van der Waals surface area contributed by atoms with Gasteiger partial charge in [-0.1, -0.05) is 19.1 Å². The van der Waals surface area contributed by atoms with Crippen LogP contribution in [0.3, 0.4) is 0 Å². The number of benzene rings is 2. The second kappa shape index (κ2) is 9.55. The number of carbonyl (C=O) groups is 3. The average molecular weight is 439 g/mol. The summed E-state index contributed by atoms with van der Waals surface area (Å²) in [5, 5.41) is 11.2. The first-order valence-electron chi connectivity index (χ1n) is 10.1. The number of aliphatic hydroxyl groups is 1. The van der Waals surface area contributed by atoms with Crippen LogP contribution in [-0.4, -0.2) is 48.4 Å². The van der Waals surface area contributed by atoms with E-state index in [4.69, 9.17) is 14.2 Å². The largest absolute Gasteiger partial charge is 0.507 e. The molecular formula is C24H25NO7. The fourth-order valence-corrected chi connectivity index (χ4v) is 3.72. The zero-order valence-corrected chi connectivity index (χ0v) is 18.4. The molecule has 1 heterocycles. The molecule has 1 unspecified atom stereocenters. The Morgan fingerprint density at radius 3 is 2.25 bits per heavy atom. The summed E-state index contributed by atoms with van der Waals surface area (Å²) in [6, 6.07) is 10.5. The molecule has 0 saturated carbocycles. The molecule has 1 aliphatic rings. The van der Waals surface area contributed by atoms with E-state index in [0.29, 0.717) is 35.8 Å². The van der Waals surface area contributed by atoms with Gasteiger partial charge in [0.25, 0.3) is 11.7 Å². The van der Waals surface area contributed by atoms with Crippen LogP contribution in [0.1, 0.15) is 37.4 Å². The molecule has 1 atom stereocenters. The van der Waals surface area contributed by atoms with Gasteiger partial charge in [0.05, 0.1) is 31.4 Å². The van der Waals surface area contributed by atoms with Gasteiger partial charge in [-0.3, -0.25) is 14.4 Å². The lowest BCUT2D eigenvalue weighted by Gasteiger charge is -2.25. The number of rotatable bonds is 7. The number of ether oxygens (including phenoxy) is 3. The molecule has 32 heavy (non-hydrogen) atoms. The zero-order chi connectivity index (χ0) is 23.4. The second-order valence-electron chi connectivity index (χ2n) is 7.22. The average Bonchev–Trinajstić information content (AvgIpc) is 3.03. The van der Waals surface area contributed by atoms with E-state index in [9.17, 15) is 19.5 Å². The summed E-state index contributed by atoms with van der Waals surface area (Å²) in [6.07, 6.45) is 0.626. The molecule has 1 fully saturated rings. The number of esters is 1. The highest BCUT2D eigenvalue weighted by Crippen LogP contribution is 2.41. The molecule has 1 N–H and O–H groups in total. The van der Waals surface area contributed by atoms with E-state index in [1.165, 1.54) is 26.0 Å². The van der Waals surface area contributed by atoms with Gasteiger partial charge in [-0.15, -0.1) is 0 Å². The van der Waals surface area contributed by atoms with E-state index in [1.807, 2.05) is 6.92 Å². The minimum Gasteiger partial charge on any atom is -0.507 e. The van der Waals surface area contributed by atoms with Gasteiger partial charge in [0.2, 0.25) is 0 Å². The number of carbonyl (C=O) groups excluding carboxylic acids is 3. The Morgan fingerprint density at radius 1 is 1.03 bits per heavy atom. The lowest BCUT2D eigenvalue weighted by Crippen LogP contribution is -2.30. The van der Waals surface area contributed by atoms with Gasteiger partial charge in [0.1, 0.15) is 23.0 Å². The van der Waals surface area contributed by atoms with Crippen molar-refractivity contribution in [1.29, 1.82) is 0 Å². The lowest BCUT2D eigenvalue weighted by atomic mass is 9.95. The smallest absolute Gasteiger partial charge is 0.308 e. The van der Waals surface area contributed by atoms with Gasteiger partial charge in [0.15, 0.2) is 0 Å². The van der Waals surface area contributed by atoms with Gasteiger partial charge in [-0.2, -0.15) is 0 Å². The van der Waals surface area contributed by atoms with Gasteiger partial charge in [-0.05, 0) is 36.2 Å². The molecule has 0 aliphatic carbocycles. The highest BCUT2D eigenvalue weighted by Gasteiger charge is 2.45. The molecule has 0 spiro atoms. The maximum Gasteiger partial charge on any atom is 0.308 e. The van der Waals surface area contributed by atoms with E-state index in [1.54, 1.807) is 42.5 Å². The van der Waals surface area contributed by atoms with Crippen molar-refractivity contribution >= 4 is 23.4 Å². The van der Waals surface area contributed by atoms with Crippen LogP contribution < -0.4 is 14.2 Å². The van der Waals surface area contributed by atoms with E-state index in [-0.39, 0.29) is 16.9 Å². The molecule has 2 aromatic carbocycles. The van der Waals surface area contributed by atoms with Crippen molar-refractivity contribution in [2.24, 2.45) is 0 Å². The summed E-state index contributed by atoms with van der Waals surface area (Å²) in [6.45, 7) is 3.52. The molecule has 0 radical (unpaired) electrons. The minimum absolute atomic E-state index is 0.0350. The van der Waals surface area contributed by atoms with Crippen LogP contribution in [0.25, 0.3) is 5.76 Å². The van der Waals surface area contributed by atoms with Crippen molar-refractivity contribution in [1.82, 2.24) is 4.90 Å². The SMILES string of the molecule is CCCN1C(=O)C(=O)/C(=C(\O)c2ccc(OC)cc2OC)C1c1ccc(OC(C)=O)cc1. The first-order valence-corrected chi connectivity index (χ1v) is 10.1. The number of amides is 1. The lowest BCUT2D eigenvalue weighted by molar-refractivity contribution is -0.139. The Bertz CT molecular complexity index is 1070. The third-order valence-corrected chi connectivity index (χ3v) is 5.13. The topological polar surface area (TPSA) is 102 Å². The van der Waals surface area contributed by atoms with Gasteiger partial charge in [0, 0.05) is 19.5 Å². The van der Waals surface area contributed by atoms with Gasteiger partial charge >= 0.3 is 5.97 Å². The number of likely N-dealkylation sites (tertiary alicyclic amines) is 1. The summed E-state index contributed by atoms with van der Waals surface area (Å²) >= 11 is 0. The van der Waals surface area contributed by atoms with Crippen LogP contribution in [0.15, 0.2) is 48.0 Å². The maximum atomic E-state index is 13.0. The molecule has 1 amide bonds. The van der Waals surface area contributed by atoms with Crippen molar-refractivity contribution < 1.29 is 33.7 Å². The quantitative estimate of drug-likeness (QED) is 0.232. The maximum absolute atomic E-state index is 13.0. The van der Waals surface area contributed by atoms with Crippen LogP contribution in [0.5, 0.6) is 17.2 Å². The van der Waals surface area contributed by atoms with Crippen molar-refractivity contribution in [2.75, 3.05) is 20.8 Å². The summed E-state index contributed by atoms with van der Waals surface area (Å²) in [5.74, 6) is -1.10. The summed E-state index contributed by atoms with van der Waals surface area (Å²) in [4.78, 5) is 38.4. The molecule has 0 aromatic heterocycles. The Labute approximate surface area is 186 Å². The first kappa shape index (κ1) is 22.9. The fraction of sp³-hybridized carbons (Fsp3) is 0.292. The number of hydrogen-bond donors (Lipinski definition) is 1. The predicted molar refractivity (Wildman–Crippen MR) is 117 cm³/mol. The number of aliphatic hydroxyl groups excluding tert-OH is 1. The molecule has 3 rings (SSSR count). The summed E-state index contributed by atoms with van der Waals surface area (Å²) in [7, 11) is 2.94. The Hall–Kier alpha value is -3.81. The van der Waals surface area contributed by atoms with Crippen molar-refractivity contribution in [3.05, 3.63) is 59.2 Å². The Morgan fingerprint density at radius 2 is 1.69 bits per heavy atom. The van der Waals surface area contributed by atoms with E-state index < -0.39 is 23.7 Å². The van der Waals surface area contributed by atoms with E-state index in [0.717, 1.165) is 0 Å². The Kier molecular flexibility index (Phi) is 6.82. The minimum atomic E-state index is -0.798. The zero-order valence-electron chi connectivity index (χ0n) is 18.4. The van der Waals surface area contributed by atoms with Gasteiger partial charge < -0.3 is 24.2 Å². The third-order valence-electron chi connectivity index (χ3n) is 5.13. The summed E-state index contributed by atoms with van der Waals surface area (Å²) < 4.78 is 15.6. The molecule has 0 bridgehead atoms. The van der Waals surface area contributed by atoms with Crippen molar-refractivity contribution in [3.8, 4) is 17.2 Å². The second-order valence-corrected chi connectivity index (χ2v) is 7.22. The highest BCUT2D eigenvalue weighted by atomic mass is 16.5. The number of nitrogens with zero attached hydrogens (tertiary/aromatic N) is 1. The number of ketones is 1. The molecule has 8 heteroatoms. The number of hydrogen-bond acceptors (Lipinski definition) is 7. The van der Waals surface area contributed by atoms with Gasteiger partial charge in [-0.25, -0.2) is 0 Å². The predicted octanol–water partition coefficient (Wildman–Crippen LogP) is 3.46.